The molecule has 9 heteroatoms. The Bertz CT molecular complexity index is 607. The number of rotatable bonds is 7. The average Bonchev–Trinajstić information content (AvgIpc) is 2.36. The van der Waals surface area contributed by atoms with Gasteiger partial charge in [-0.3, -0.25) is 0 Å². The van der Waals surface area contributed by atoms with Crippen LogP contribution in [0.1, 0.15) is 16.8 Å². The summed E-state index contributed by atoms with van der Waals surface area (Å²) in [6.45, 7) is 0.724. The molecule has 6 nitrogen and oxygen atoms in total. The molecule has 1 aromatic carbocycles. The van der Waals surface area contributed by atoms with Crippen LogP contribution < -0.4 is 10.0 Å². The standard InChI is InChI=1S/C11H14BrFN2O4S/c1-14-3-2-4-15-20(18,19)9-6-7(12)5-8(10(9)13)11(16)17/h5-6,14-15H,2-4H2,1H3,(H,16,17). The fourth-order valence-electron chi connectivity index (χ4n) is 1.46. The predicted molar refractivity (Wildman–Crippen MR) is 74.8 cm³/mol. The van der Waals surface area contributed by atoms with Gasteiger partial charge in [-0.1, -0.05) is 15.9 Å². The topological polar surface area (TPSA) is 95.5 Å². The minimum absolute atomic E-state index is 0.123. The second-order valence-corrected chi connectivity index (χ2v) is 6.58. The second kappa shape index (κ2) is 7.11. The van der Waals surface area contributed by atoms with Crippen molar-refractivity contribution in [3.05, 3.63) is 28.0 Å². The van der Waals surface area contributed by atoms with Crippen LogP contribution in [0.25, 0.3) is 0 Å². The third kappa shape index (κ3) is 4.23. The lowest BCUT2D eigenvalue weighted by Gasteiger charge is -2.09. The summed E-state index contributed by atoms with van der Waals surface area (Å²) in [6.07, 6.45) is 0.525. The van der Waals surface area contributed by atoms with Crippen LogP contribution in [0.15, 0.2) is 21.5 Å². The van der Waals surface area contributed by atoms with E-state index < -0.39 is 32.3 Å². The summed E-state index contributed by atoms with van der Waals surface area (Å²) < 4.78 is 40.3. The first kappa shape index (κ1) is 17.0. The summed E-state index contributed by atoms with van der Waals surface area (Å²) in [5.41, 5.74) is -0.699. The first-order chi connectivity index (χ1) is 9.29. The van der Waals surface area contributed by atoms with Crippen LogP contribution in [0.3, 0.4) is 0 Å². The number of carboxylic acid groups (broad SMARTS) is 1. The van der Waals surface area contributed by atoms with Crippen molar-refractivity contribution in [1.29, 1.82) is 0 Å². The smallest absolute Gasteiger partial charge is 0.338 e. The zero-order chi connectivity index (χ0) is 15.3. The molecule has 1 aromatic rings. The van der Waals surface area contributed by atoms with Gasteiger partial charge in [-0.2, -0.15) is 0 Å². The molecular formula is C11H14BrFN2O4S. The Labute approximate surface area is 124 Å². The summed E-state index contributed by atoms with van der Waals surface area (Å²) in [4.78, 5) is 10.2. The molecule has 0 aliphatic rings. The predicted octanol–water partition coefficient (Wildman–Crippen LogP) is 1.17. The zero-order valence-corrected chi connectivity index (χ0v) is 13.0. The van der Waals surface area contributed by atoms with Gasteiger partial charge in [0.05, 0.1) is 5.56 Å². The van der Waals surface area contributed by atoms with Crippen molar-refractivity contribution in [3.63, 3.8) is 0 Å². The number of hydrogen-bond donors (Lipinski definition) is 3. The molecule has 0 unspecified atom stereocenters. The molecule has 0 saturated carbocycles. The van der Waals surface area contributed by atoms with E-state index in [1.807, 2.05) is 0 Å². The highest BCUT2D eigenvalue weighted by atomic mass is 79.9. The highest BCUT2D eigenvalue weighted by Gasteiger charge is 2.24. The number of hydrogen-bond acceptors (Lipinski definition) is 4. The maximum absolute atomic E-state index is 13.9. The van der Waals surface area contributed by atoms with Gasteiger partial charge in [0.25, 0.3) is 0 Å². The van der Waals surface area contributed by atoms with Crippen molar-refractivity contribution in [3.8, 4) is 0 Å². The second-order valence-electron chi connectivity index (χ2n) is 3.93. The van der Waals surface area contributed by atoms with Gasteiger partial charge < -0.3 is 10.4 Å². The molecule has 0 radical (unpaired) electrons. The minimum Gasteiger partial charge on any atom is -0.478 e. The van der Waals surface area contributed by atoms with Gasteiger partial charge in [0, 0.05) is 11.0 Å². The van der Waals surface area contributed by atoms with Gasteiger partial charge in [-0.15, -0.1) is 0 Å². The van der Waals surface area contributed by atoms with Gasteiger partial charge in [0.1, 0.15) is 4.90 Å². The first-order valence-corrected chi connectivity index (χ1v) is 7.94. The van der Waals surface area contributed by atoms with Crippen molar-refractivity contribution >= 4 is 31.9 Å². The van der Waals surface area contributed by atoms with Crippen LogP contribution in [0.2, 0.25) is 0 Å². The lowest BCUT2D eigenvalue weighted by molar-refractivity contribution is 0.0691. The molecule has 112 valence electrons. The largest absolute Gasteiger partial charge is 0.478 e. The molecule has 0 aromatic heterocycles. The number of carboxylic acids is 1. The molecule has 0 bridgehead atoms. The van der Waals surface area contributed by atoms with Gasteiger partial charge in [0.15, 0.2) is 5.82 Å². The molecule has 20 heavy (non-hydrogen) atoms. The Morgan fingerprint density at radius 2 is 2.05 bits per heavy atom. The third-order valence-electron chi connectivity index (χ3n) is 2.42. The summed E-state index contributed by atoms with van der Waals surface area (Å²) in [7, 11) is -2.37. The van der Waals surface area contributed by atoms with Crippen molar-refractivity contribution in [2.75, 3.05) is 20.1 Å². The van der Waals surface area contributed by atoms with E-state index in [0.29, 0.717) is 13.0 Å². The number of nitrogens with one attached hydrogen (secondary N) is 2. The molecule has 0 saturated heterocycles. The van der Waals surface area contributed by atoms with E-state index >= 15 is 0 Å². The molecule has 0 fully saturated rings. The maximum Gasteiger partial charge on any atom is 0.338 e. The fraction of sp³-hybridized carbons (Fsp3) is 0.364. The van der Waals surface area contributed by atoms with Crippen molar-refractivity contribution in [1.82, 2.24) is 10.0 Å². The molecule has 3 N–H and O–H groups in total. The lowest BCUT2D eigenvalue weighted by atomic mass is 10.2. The Morgan fingerprint density at radius 3 is 2.60 bits per heavy atom. The minimum atomic E-state index is -4.10. The number of carbonyl (C=O) groups is 1. The highest BCUT2D eigenvalue weighted by molar-refractivity contribution is 9.10. The first-order valence-electron chi connectivity index (χ1n) is 5.66. The summed E-state index contributed by atoms with van der Waals surface area (Å²) in [6, 6.07) is 2.04. The van der Waals surface area contributed by atoms with Crippen molar-refractivity contribution in [2.45, 2.75) is 11.3 Å². The fourth-order valence-corrected chi connectivity index (χ4v) is 3.27. The van der Waals surface area contributed by atoms with Crippen LogP contribution in [-0.2, 0) is 10.0 Å². The summed E-state index contributed by atoms with van der Waals surface area (Å²) in [5.74, 6) is -2.81. The molecule has 1 rings (SSSR count). The Morgan fingerprint density at radius 1 is 1.40 bits per heavy atom. The molecule has 0 heterocycles. The quantitative estimate of drug-likeness (QED) is 0.628. The highest BCUT2D eigenvalue weighted by Crippen LogP contribution is 2.24. The van der Waals surface area contributed by atoms with E-state index in [1.54, 1.807) is 7.05 Å². The van der Waals surface area contributed by atoms with E-state index in [4.69, 9.17) is 5.11 Å². The van der Waals surface area contributed by atoms with Gasteiger partial charge in [-0.25, -0.2) is 22.3 Å². The van der Waals surface area contributed by atoms with Crippen LogP contribution >= 0.6 is 15.9 Å². The summed E-state index contributed by atoms with van der Waals surface area (Å²) >= 11 is 2.97. The molecule has 0 aliphatic carbocycles. The number of aromatic carboxylic acids is 1. The average molecular weight is 369 g/mol. The number of sulfonamides is 1. The van der Waals surface area contributed by atoms with E-state index in [0.717, 1.165) is 12.1 Å². The zero-order valence-electron chi connectivity index (χ0n) is 10.6. The lowest BCUT2D eigenvalue weighted by Crippen LogP contribution is -2.28. The van der Waals surface area contributed by atoms with Gasteiger partial charge in [0.2, 0.25) is 10.0 Å². The van der Waals surface area contributed by atoms with E-state index in [1.165, 1.54) is 0 Å². The monoisotopic (exact) mass is 368 g/mol. The van der Waals surface area contributed by atoms with E-state index in [-0.39, 0.29) is 11.0 Å². The molecular weight excluding hydrogens is 355 g/mol. The SMILES string of the molecule is CNCCCNS(=O)(=O)c1cc(Br)cc(C(=O)O)c1F. The molecule has 0 amide bonds. The van der Waals surface area contributed by atoms with Gasteiger partial charge >= 0.3 is 5.97 Å². The molecule has 0 aliphatic heterocycles. The number of benzene rings is 1. The molecule has 0 atom stereocenters. The van der Waals surface area contributed by atoms with E-state index in [2.05, 4.69) is 26.0 Å². The van der Waals surface area contributed by atoms with Crippen molar-refractivity contribution in [2.24, 2.45) is 0 Å². The normalized spacial score (nSPS) is 11.6. The third-order valence-corrected chi connectivity index (χ3v) is 4.34. The Kier molecular flexibility index (Phi) is 6.06. The molecule has 0 spiro atoms. The van der Waals surface area contributed by atoms with Crippen LogP contribution in [0.5, 0.6) is 0 Å². The van der Waals surface area contributed by atoms with Gasteiger partial charge in [-0.05, 0) is 32.1 Å². The van der Waals surface area contributed by atoms with Crippen LogP contribution in [0.4, 0.5) is 4.39 Å². The maximum atomic E-state index is 13.9. The Balaban J connectivity index is 3.09. The van der Waals surface area contributed by atoms with Crippen LogP contribution in [0, 0.1) is 5.82 Å². The van der Waals surface area contributed by atoms with Crippen molar-refractivity contribution < 1.29 is 22.7 Å². The Hall–Kier alpha value is -1.03. The number of halogens is 2. The summed E-state index contributed by atoms with van der Waals surface area (Å²) in [5, 5.41) is 11.7. The van der Waals surface area contributed by atoms with Crippen LogP contribution in [-0.4, -0.2) is 39.6 Å². The van der Waals surface area contributed by atoms with E-state index in [9.17, 15) is 17.6 Å².